The zero-order chi connectivity index (χ0) is 13.7. The third kappa shape index (κ3) is 3.91. The Labute approximate surface area is 114 Å². The van der Waals surface area contributed by atoms with Gasteiger partial charge in [-0.05, 0) is 26.0 Å². The fourth-order valence-corrected chi connectivity index (χ4v) is 2.29. The highest BCUT2D eigenvalue weighted by atomic mass is 19.1. The molecule has 0 bridgehead atoms. The van der Waals surface area contributed by atoms with Crippen molar-refractivity contribution in [3.8, 4) is 5.75 Å². The standard InChI is InChI=1S/C15H22FNO2/c1-3-17-11(2)14-5-4-13(8-15(14)16)19-10-12-6-7-18-9-12/h4-5,8,11-12,17H,3,6-7,9-10H2,1-2H3. The number of ether oxygens (including phenoxy) is 2. The van der Waals surface area contributed by atoms with E-state index in [1.807, 2.05) is 19.9 Å². The van der Waals surface area contributed by atoms with Crippen LogP contribution in [0.2, 0.25) is 0 Å². The predicted molar refractivity (Wildman–Crippen MR) is 72.9 cm³/mol. The van der Waals surface area contributed by atoms with E-state index in [0.717, 1.165) is 26.2 Å². The van der Waals surface area contributed by atoms with Crippen LogP contribution in [-0.2, 0) is 4.74 Å². The van der Waals surface area contributed by atoms with Crippen molar-refractivity contribution in [2.45, 2.75) is 26.3 Å². The van der Waals surface area contributed by atoms with E-state index < -0.39 is 0 Å². The second-order valence-corrected chi connectivity index (χ2v) is 5.00. The van der Waals surface area contributed by atoms with E-state index in [2.05, 4.69) is 5.32 Å². The topological polar surface area (TPSA) is 30.5 Å². The van der Waals surface area contributed by atoms with Crippen molar-refractivity contribution in [1.82, 2.24) is 5.32 Å². The Morgan fingerprint density at radius 3 is 3.00 bits per heavy atom. The maximum Gasteiger partial charge on any atom is 0.131 e. The summed E-state index contributed by atoms with van der Waals surface area (Å²) in [5.74, 6) is 0.814. The second kappa shape index (κ2) is 6.87. The lowest BCUT2D eigenvalue weighted by atomic mass is 10.1. The Morgan fingerprint density at radius 2 is 2.37 bits per heavy atom. The predicted octanol–water partition coefficient (Wildman–Crippen LogP) is 2.91. The monoisotopic (exact) mass is 267 g/mol. The molecule has 2 unspecified atom stereocenters. The summed E-state index contributed by atoms with van der Waals surface area (Å²) in [6.45, 7) is 6.94. The van der Waals surface area contributed by atoms with Gasteiger partial charge in [0.05, 0.1) is 13.2 Å². The van der Waals surface area contributed by atoms with Crippen molar-refractivity contribution >= 4 is 0 Å². The minimum atomic E-state index is -0.214. The Morgan fingerprint density at radius 1 is 1.53 bits per heavy atom. The van der Waals surface area contributed by atoms with E-state index in [-0.39, 0.29) is 11.9 Å². The lowest BCUT2D eigenvalue weighted by molar-refractivity contribution is 0.167. The number of halogens is 1. The minimum Gasteiger partial charge on any atom is -0.493 e. The fraction of sp³-hybridized carbons (Fsp3) is 0.600. The van der Waals surface area contributed by atoms with Crippen LogP contribution in [0.15, 0.2) is 18.2 Å². The van der Waals surface area contributed by atoms with Gasteiger partial charge in [-0.2, -0.15) is 0 Å². The lowest BCUT2D eigenvalue weighted by Crippen LogP contribution is -2.19. The van der Waals surface area contributed by atoms with Gasteiger partial charge in [-0.15, -0.1) is 0 Å². The highest BCUT2D eigenvalue weighted by molar-refractivity contribution is 5.30. The molecule has 1 saturated heterocycles. The van der Waals surface area contributed by atoms with Crippen LogP contribution in [-0.4, -0.2) is 26.4 Å². The van der Waals surface area contributed by atoms with E-state index in [0.29, 0.717) is 23.8 Å². The van der Waals surface area contributed by atoms with Crippen molar-refractivity contribution in [3.63, 3.8) is 0 Å². The van der Waals surface area contributed by atoms with Gasteiger partial charge in [-0.25, -0.2) is 4.39 Å². The molecular weight excluding hydrogens is 245 g/mol. The van der Waals surface area contributed by atoms with Crippen LogP contribution in [0.1, 0.15) is 31.9 Å². The van der Waals surface area contributed by atoms with E-state index >= 15 is 0 Å². The average molecular weight is 267 g/mol. The third-order valence-corrected chi connectivity index (χ3v) is 3.46. The molecule has 106 valence electrons. The number of nitrogens with one attached hydrogen (secondary N) is 1. The Bertz CT molecular complexity index is 405. The number of hydrogen-bond acceptors (Lipinski definition) is 3. The van der Waals surface area contributed by atoms with Crippen molar-refractivity contribution in [3.05, 3.63) is 29.6 Å². The number of hydrogen-bond donors (Lipinski definition) is 1. The number of rotatable bonds is 6. The third-order valence-electron chi connectivity index (χ3n) is 3.46. The molecule has 1 aromatic carbocycles. The summed E-state index contributed by atoms with van der Waals surface area (Å²) < 4.78 is 24.9. The summed E-state index contributed by atoms with van der Waals surface area (Å²) >= 11 is 0. The summed E-state index contributed by atoms with van der Waals surface area (Å²) in [6, 6.07) is 5.12. The van der Waals surface area contributed by atoms with Crippen molar-refractivity contribution in [2.75, 3.05) is 26.4 Å². The molecule has 0 aliphatic carbocycles. The summed E-state index contributed by atoms with van der Waals surface area (Å²) in [5.41, 5.74) is 0.679. The van der Waals surface area contributed by atoms with Crippen LogP contribution in [0.3, 0.4) is 0 Å². The van der Waals surface area contributed by atoms with Crippen LogP contribution >= 0.6 is 0 Å². The molecule has 1 N–H and O–H groups in total. The molecule has 0 spiro atoms. The molecule has 2 rings (SSSR count). The Balaban J connectivity index is 1.93. The molecule has 0 amide bonds. The van der Waals surface area contributed by atoms with Crippen LogP contribution in [0.5, 0.6) is 5.75 Å². The van der Waals surface area contributed by atoms with Crippen LogP contribution < -0.4 is 10.1 Å². The molecule has 0 radical (unpaired) electrons. The van der Waals surface area contributed by atoms with Gasteiger partial charge in [0.1, 0.15) is 11.6 Å². The highest BCUT2D eigenvalue weighted by Crippen LogP contribution is 2.23. The highest BCUT2D eigenvalue weighted by Gasteiger charge is 2.17. The normalized spacial score (nSPS) is 20.5. The van der Waals surface area contributed by atoms with Gasteiger partial charge in [0.15, 0.2) is 0 Å². The summed E-state index contributed by atoms with van der Waals surface area (Å²) in [5, 5.41) is 3.20. The molecule has 1 aliphatic rings. The lowest BCUT2D eigenvalue weighted by Gasteiger charge is -2.15. The van der Waals surface area contributed by atoms with Crippen molar-refractivity contribution in [2.24, 2.45) is 5.92 Å². The van der Waals surface area contributed by atoms with Crippen molar-refractivity contribution in [1.29, 1.82) is 0 Å². The zero-order valence-electron chi connectivity index (χ0n) is 11.6. The minimum absolute atomic E-state index is 0.0160. The van der Waals surface area contributed by atoms with Gasteiger partial charge >= 0.3 is 0 Å². The average Bonchev–Trinajstić information content (AvgIpc) is 2.89. The molecular formula is C15H22FNO2. The van der Waals surface area contributed by atoms with E-state index in [1.54, 1.807) is 6.07 Å². The Hall–Kier alpha value is -1.13. The van der Waals surface area contributed by atoms with Gasteiger partial charge < -0.3 is 14.8 Å². The molecule has 1 aromatic rings. The second-order valence-electron chi connectivity index (χ2n) is 5.00. The largest absolute Gasteiger partial charge is 0.493 e. The first-order valence-electron chi connectivity index (χ1n) is 6.94. The summed E-state index contributed by atoms with van der Waals surface area (Å²) in [6.07, 6.45) is 1.03. The van der Waals surface area contributed by atoms with E-state index in [9.17, 15) is 4.39 Å². The van der Waals surface area contributed by atoms with Gasteiger partial charge in [-0.1, -0.05) is 13.0 Å². The van der Waals surface area contributed by atoms with Crippen LogP contribution in [0, 0.1) is 11.7 Å². The first-order chi connectivity index (χ1) is 9.20. The zero-order valence-corrected chi connectivity index (χ0v) is 11.6. The number of benzene rings is 1. The van der Waals surface area contributed by atoms with Crippen LogP contribution in [0.25, 0.3) is 0 Å². The van der Waals surface area contributed by atoms with Gasteiger partial charge in [0.2, 0.25) is 0 Å². The molecule has 1 aliphatic heterocycles. The summed E-state index contributed by atoms with van der Waals surface area (Å²) in [7, 11) is 0. The Kier molecular flexibility index (Phi) is 5.16. The van der Waals surface area contributed by atoms with Gasteiger partial charge in [0, 0.05) is 30.2 Å². The maximum atomic E-state index is 14.0. The SMILES string of the molecule is CCNC(C)c1ccc(OCC2CCOC2)cc1F. The van der Waals surface area contributed by atoms with Crippen molar-refractivity contribution < 1.29 is 13.9 Å². The maximum absolute atomic E-state index is 14.0. The summed E-state index contributed by atoms with van der Waals surface area (Å²) in [4.78, 5) is 0. The molecule has 1 fully saturated rings. The molecule has 19 heavy (non-hydrogen) atoms. The first kappa shape index (κ1) is 14.3. The molecule has 4 heteroatoms. The molecule has 0 saturated carbocycles. The van der Waals surface area contributed by atoms with E-state index in [4.69, 9.17) is 9.47 Å². The van der Waals surface area contributed by atoms with Gasteiger partial charge in [-0.3, -0.25) is 0 Å². The van der Waals surface area contributed by atoms with Gasteiger partial charge in [0.25, 0.3) is 0 Å². The quantitative estimate of drug-likeness (QED) is 0.859. The fourth-order valence-electron chi connectivity index (χ4n) is 2.29. The van der Waals surface area contributed by atoms with E-state index in [1.165, 1.54) is 6.07 Å². The smallest absolute Gasteiger partial charge is 0.131 e. The molecule has 1 heterocycles. The molecule has 0 aromatic heterocycles. The van der Waals surface area contributed by atoms with Crippen LogP contribution in [0.4, 0.5) is 4.39 Å². The molecule has 2 atom stereocenters. The molecule has 3 nitrogen and oxygen atoms in total. The first-order valence-corrected chi connectivity index (χ1v) is 6.94.